The van der Waals surface area contributed by atoms with Gasteiger partial charge in [0.25, 0.3) is 5.56 Å². The minimum Gasteiger partial charge on any atom is -0.339 e. The highest BCUT2D eigenvalue weighted by Gasteiger charge is 2.26. The molecule has 0 aromatic carbocycles. The van der Waals surface area contributed by atoms with Crippen molar-refractivity contribution in [2.45, 2.75) is 44.6 Å². The Morgan fingerprint density at radius 3 is 2.42 bits per heavy atom. The molecule has 2 fully saturated rings. The van der Waals surface area contributed by atoms with Crippen LogP contribution in [0.1, 0.15) is 36.0 Å². The summed E-state index contributed by atoms with van der Waals surface area (Å²) in [4.78, 5) is 41.8. The number of carbonyl (C=O) groups is 1. The number of hydrogen-bond acceptors (Lipinski definition) is 7. The highest BCUT2D eigenvalue weighted by molar-refractivity contribution is 7.99. The lowest BCUT2D eigenvalue weighted by Gasteiger charge is -2.36. The molecule has 2 aromatic heterocycles. The third-order valence-electron chi connectivity index (χ3n) is 6.52. The topological polar surface area (TPSA) is 72.5 Å². The van der Waals surface area contributed by atoms with Gasteiger partial charge in [-0.3, -0.25) is 14.5 Å². The van der Waals surface area contributed by atoms with E-state index in [1.807, 2.05) is 25.7 Å². The van der Waals surface area contributed by atoms with Crippen molar-refractivity contribution in [2.75, 3.05) is 52.4 Å². The van der Waals surface area contributed by atoms with Crippen molar-refractivity contribution in [1.82, 2.24) is 24.7 Å². The Hall–Kier alpha value is -1.42. The lowest BCUT2D eigenvalue weighted by Crippen LogP contribution is -2.51. The first-order valence-electron chi connectivity index (χ1n) is 11.3. The van der Waals surface area contributed by atoms with Gasteiger partial charge in [-0.25, -0.2) is 4.98 Å². The Kier molecular flexibility index (Phi) is 7.36. The molecule has 2 aromatic rings. The fourth-order valence-electron chi connectivity index (χ4n) is 4.38. The van der Waals surface area contributed by atoms with Gasteiger partial charge in [-0.05, 0) is 52.3 Å². The van der Waals surface area contributed by atoms with Crippen LogP contribution in [0.25, 0.3) is 10.2 Å². The Labute approximate surface area is 192 Å². The second kappa shape index (κ2) is 10.0. The van der Waals surface area contributed by atoms with Crippen LogP contribution in [-0.4, -0.2) is 88.2 Å². The molecule has 170 valence electrons. The molecule has 2 aliphatic rings. The van der Waals surface area contributed by atoms with Gasteiger partial charge in [0.2, 0.25) is 5.91 Å². The lowest BCUT2D eigenvalue weighted by atomic mass is 10.2. The number of carbonyl (C=O) groups excluding carboxylic acids is 1. The first-order valence-corrected chi connectivity index (χ1v) is 13.1. The predicted molar refractivity (Wildman–Crippen MR) is 129 cm³/mol. The molecule has 0 aliphatic carbocycles. The van der Waals surface area contributed by atoms with E-state index in [4.69, 9.17) is 0 Å². The molecule has 0 radical (unpaired) electrons. The molecule has 2 saturated heterocycles. The number of hydrogen-bond donors (Lipinski definition) is 1. The van der Waals surface area contributed by atoms with Crippen LogP contribution in [0.2, 0.25) is 0 Å². The minimum absolute atomic E-state index is 0.0773. The normalized spacial score (nSPS) is 19.4. The molecule has 9 heteroatoms. The van der Waals surface area contributed by atoms with Crippen LogP contribution in [0.5, 0.6) is 0 Å². The number of thioether (sulfide) groups is 1. The number of likely N-dealkylation sites (tertiary alicyclic amines) is 1. The zero-order valence-electron chi connectivity index (χ0n) is 18.8. The fourth-order valence-corrected chi connectivity index (χ4v) is 6.27. The SMILES string of the molecule is Cc1sc2nc(CSC(C)C(=O)N3CCN(CCN4CCCC4)CC3)[nH]c(=O)c2c1C. The van der Waals surface area contributed by atoms with Crippen molar-refractivity contribution in [3.05, 3.63) is 26.6 Å². The maximum Gasteiger partial charge on any atom is 0.259 e. The Balaban J connectivity index is 1.25. The number of fused-ring (bicyclic) bond motifs is 1. The van der Waals surface area contributed by atoms with Gasteiger partial charge < -0.3 is 14.8 Å². The molecule has 1 unspecified atom stereocenters. The highest BCUT2D eigenvalue weighted by Crippen LogP contribution is 2.26. The van der Waals surface area contributed by atoms with Gasteiger partial charge in [0.1, 0.15) is 10.7 Å². The van der Waals surface area contributed by atoms with E-state index in [-0.39, 0.29) is 16.7 Å². The summed E-state index contributed by atoms with van der Waals surface area (Å²) in [6.07, 6.45) is 2.67. The first-order chi connectivity index (χ1) is 14.9. The molecule has 2 aliphatic heterocycles. The van der Waals surface area contributed by atoms with E-state index in [9.17, 15) is 9.59 Å². The van der Waals surface area contributed by atoms with Crippen molar-refractivity contribution in [1.29, 1.82) is 0 Å². The maximum atomic E-state index is 12.9. The van der Waals surface area contributed by atoms with Gasteiger partial charge in [-0.15, -0.1) is 23.1 Å². The number of nitrogens with one attached hydrogen (secondary N) is 1. The number of aromatic amines is 1. The number of aryl methyl sites for hydroxylation is 2. The van der Waals surface area contributed by atoms with Crippen molar-refractivity contribution in [3.8, 4) is 0 Å². The molecular formula is C22H33N5O2S2. The zero-order valence-corrected chi connectivity index (χ0v) is 20.4. The number of piperazine rings is 1. The van der Waals surface area contributed by atoms with E-state index >= 15 is 0 Å². The summed E-state index contributed by atoms with van der Waals surface area (Å²) in [5.74, 6) is 1.37. The summed E-state index contributed by atoms with van der Waals surface area (Å²) in [6.45, 7) is 14.2. The smallest absolute Gasteiger partial charge is 0.259 e. The zero-order chi connectivity index (χ0) is 22.0. The maximum absolute atomic E-state index is 12.9. The Bertz CT molecular complexity index is 974. The van der Waals surface area contributed by atoms with Crippen LogP contribution in [-0.2, 0) is 10.5 Å². The van der Waals surface area contributed by atoms with Crippen LogP contribution >= 0.6 is 23.1 Å². The third kappa shape index (κ3) is 5.32. The van der Waals surface area contributed by atoms with E-state index in [2.05, 4.69) is 19.8 Å². The number of H-pyrrole nitrogens is 1. The molecule has 31 heavy (non-hydrogen) atoms. The van der Waals surface area contributed by atoms with Crippen LogP contribution in [0.4, 0.5) is 0 Å². The van der Waals surface area contributed by atoms with Gasteiger partial charge in [0.15, 0.2) is 0 Å². The van der Waals surface area contributed by atoms with Gasteiger partial charge in [-0.2, -0.15) is 0 Å². The number of amides is 1. The molecule has 1 atom stereocenters. The lowest BCUT2D eigenvalue weighted by molar-refractivity contribution is -0.132. The van der Waals surface area contributed by atoms with E-state index in [0.717, 1.165) is 54.5 Å². The summed E-state index contributed by atoms with van der Waals surface area (Å²) in [5.41, 5.74) is 0.933. The average molecular weight is 464 g/mol. The molecule has 0 saturated carbocycles. The number of nitrogens with zero attached hydrogens (tertiary/aromatic N) is 4. The standard InChI is InChI=1S/C22H33N5O2S2/c1-15-16(2)31-21-19(15)20(28)23-18(24-21)14-30-17(3)22(29)27-12-10-26(11-13-27)9-8-25-6-4-5-7-25/h17H,4-14H2,1-3H3,(H,23,24,28). The van der Waals surface area contributed by atoms with Gasteiger partial charge in [-0.1, -0.05) is 0 Å². The summed E-state index contributed by atoms with van der Waals surface area (Å²) >= 11 is 3.11. The van der Waals surface area contributed by atoms with Crippen molar-refractivity contribution in [3.63, 3.8) is 0 Å². The largest absolute Gasteiger partial charge is 0.339 e. The van der Waals surface area contributed by atoms with E-state index in [1.165, 1.54) is 25.9 Å². The van der Waals surface area contributed by atoms with Gasteiger partial charge in [0.05, 0.1) is 16.4 Å². The molecule has 4 rings (SSSR count). The van der Waals surface area contributed by atoms with Crippen LogP contribution in [0.15, 0.2) is 4.79 Å². The monoisotopic (exact) mass is 463 g/mol. The fraction of sp³-hybridized carbons (Fsp3) is 0.682. The third-order valence-corrected chi connectivity index (χ3v) is 8.76. The van der Waals surface area contributed by atoms with Gasteiger partial charge >= 0.3 is 0 Å². The molecule has 0 bridgehead atoms. The summed E-state index contributed by atoms with van der Waals surface area (Å²) in [7, 11) is 0. The summed E-state index contributed by atoms with van der Waals surface area (Å²) in [6, 6.07) is 0. The predicted octanol–water partition coefficient (Wildman–Crippen LogP) is 2.46. The van der Waals surface area contributed by atoms with Crippen molar-refractivity contribution in [2.24, 2.45) is 0 Å². The van der Waals surface area contributed by atoms with Crippen LogP contribution < -0.4 is 5.56 Å². The molecule has 7 nitrogen and oxygen atoms in total. The molecular weight excluding hydrogens is 430 g/mol. The number of aromatic nitrogens is 2. The summed E-state index contributed by atoms with van der Waals surface area (Å²) < 4.78 is 0. The molecule has 0 spiro atoms. The van der Waals surface area contributed by atoms with Gasteiger partial charge in [0, 0.05) is 44.1 Å². The van der Waals surface area contributed by atoms with Crippen LogP contribution in [0, 0.1) is 13.8 Å². The summed E-state index contributed by atoms with van der Waals surface area (Å²) in [5, 5.41) is 0.548. The second-order valence-corrected chi connectivity index (χ2v) is 11.2. The van der Waals surface area contributed by atoms with E-state index in [1.54, 1.807) is 23.1 Å². The number of thiophene rings is 1. The quantitative estimate of drug-likeness (QED) is 0.680. The number of rotatable bonds is 7. The minimum atomic E-state index is -0.149. The van der Waals surface area contributed by atoms with E-state index < -0.39 is 0 Å². The van der Waals surface area contributed by atoms with Crippen molar-refractivity contribution >= 4 is 39.2 Å². The highest BCUT2D eigenvalue weighted by atomic mass is 32.2. The second-order valence-electron chi connectivity index (χ2n) is 8.64. The molecule has 1 amide bonds. The Morgan fingerprint density at radius 1 is 1.10 bits per heavy atom. The Morgan fingerprint density at radius 2 is 1.74 bits per heavy atom. The average Bonchev–Trinajstić information content (AvgIpc) is 3.38. The first kappa shape index (κ1) is 22.8. The van der Waals surface area contributed by atoms with Crippen molar-refractivity contribution < 1.29 is 4.79 Å². The molecule has 4 heterocycles. The van der Waals surface area contributed by atoms with Crippen LogP contribution in [0.3, 0.4) is 0 Å². The van der Waals surface area contributed by atoms with E-state index in [0.29, 0.717) is 17.0 Å². The molecule has 1 N–H and O–H groups in total.